The third-order valence-corrected chi connectivity index (χ3v) is 4.33. The zero-order chi connectivity index (χ0) is 17.7. The number of aromatic amines is 1. The van der Waals surface area contributed by atoms with E-state index in [1.807, 2.05) is 51.1 Å². The highest BCUT2D eigenvalue weighted by Crippen LogP contribution is 2.18. The monoisotopic (exact) mass is 343 g/mol. The quantitative estimate of drug-likeness (QED) is 0.927. The van der Waals surface area contributed by atoms with Crippen LogP contribution in [0.1, 0.15) is 26.3 Å². The van der Waals surface area contributed by atoms with E-state index in [1.54, 1.807) is 19.3 Å². The van der Waals surface area contributed by atoms with Gasteiger partial charge in [-0.2, -0.15) is 0 Å². The summed E-state index contributed by atoms with van der Waals surface area (Å²) >= 11 is 1.27. The predicted octanol–water partition coefficient (Wildman–Crippen LogP) is 2.33. The second kappa shape index (κ2) is 7.45. The lowest BCUT2D eigenvalue weighted by atomic mass is 9.91. The first-order chi connectivity index (χ1) is 11.3. The van der Waals surface area contributed by atoms with Crippen molar-refractivity contribution >= 4 is 35.3 Å². The number of benzene rings is 1. The van der Waals surface area contributed by atoms with Gasteiger partial charge in [0, 0.05) is 17.1 Å². The number of Topliss-reactive ketones (excluding diaryl/α,β-unsaturated/α-hetero) is 1. The Morgan fingerprint density at radius 2 is 1.96 bits per heavy atom. The number of nitrogens with one attached hydrogen (secondary N) is 1. The van der Waals surface area contributed by atoms with Crippen LogP contribution in [0.15, 0.2) is 35.1 Å². The largest absolute Gasteiger partial charge is 0.496 e. The number of aromatic nitrogens is 1. The number of ketones is 1. The van der Waals surface area contributed by atoms with Crippen molar-refractivity contribution in [3.05, 3.63) is 55.5 Å². The molecule has 1 heterocycles. The van der Waals surface area contributed by atoms with Crippen LogP contribution in [-0.4, -0.2) is 17.9 Å². The van der Waals surface area contributed by atoms with E-state index in [-0.39, 0.29) is 11.3 Å². The Bertz CT molecular complexity index is 926. The molecule has 0 unspecified atom stereocenters. The standard InChI is InChI=1S/C19H21NO3S/c1-19(2,3)16(21)12-17-20-18(22)15(24-17)11-7-9-13-8-5-6-10-14(13)23-4/h5-12H,1-4H3,(H,20,22). The first kappa shape index (κ1) is 17.9. The van der Waals surface area contributed by atoms with Crippen molar-refractivity contribution in [3.8, 4) is 5.75 Å². The first-order valence-electron chi connectivity index (χ1n) is 7.58. The molecule has 0 aliphatic heterocycles. The van der Waals surface area contributed by atoms with Gasteiger partial charge in [-0.3, -0.25) is 9.59 Å². The third kappa shape index (κ3) is 4.55. The number of hydrogen-bond donors (Lipinski definition) is 1. The number of methoxy groups -OCH3 is 1. The fraction of sp³-hybridized carbons (Fsp3) is 0.263. The van der Waals surface area contributed by atoms with Gasteiger partial charge in [-0.05, 0) is 12.1 Å². The number of H-pyrrole nitrogens is 1. The van der Waals surface area contributed by atoms with Crippen molar-refractivity contribution in [1.82, 2.24) is 4.98 Å². The summed E-state index contributed by atoms with van der Waals surface area (Å²) in [6.07, 6.45) is 6.90. The maximum absolute atomic E-state index is 12.0. The fourth-order valence-corrected chi connectivity index (χ4v) is 2.75. The van der Waals surface area contributed by atoms with Crippen LogP contribution in [0, 0.1) is 5.41 Å². The Balaban J connectivity index is 2.32. The molecule has 24 heavy (non-hydrogen) atoms. The van der Waals surface area contributed by atoms with Crippen LogP contribution in [0.2, 0.25) is 0 Å². The topological polar surface area (TPSA) is 59.2 Å². The molecule has 0 bridgehead atoms. The Kier molecular flexibility index (Phi) is 5.57. The number of para-hydroxylation sites is 1. The summed E-state index contributed by atoms with van der Waals surface area (Å²) in [6, 6.07) is 7.63. The van der Waals surface area contributed by atoms with E-state index in [0.717, 1.165) is 11.3 Å². The van der Waals surface area contributed by atoms with Crippen LogP contribution in [0.4, 0.5) is 0 Å². The van der Waals surface area contributed by atoms with Gasteiger partial charge in [0.05, 0.1) is 16.3 Å². The Labute approximate surface area is 144 Å². The smallest absolute Gasteiger partial charge is 0.266 e. The molecule has 126 valence electrons. The fourth-order valence-electron chi connectivity index (χ4n) is 1.92. The van der Waals surface area contributed by atoms with E-state index in [1.165, 1.54) is 17.4 Å². The molecule has 0 radical (unpaired) electrons. The normalized spacial score (nSPS) is 13.7. The zero-order valence-corrected chi connectivity index (χ0v) is 15.1. The molecule has 0 atom stereocenters. The SMILES string of the molecule is COc1ccccc1C=CC=c1sc(=CC(=O)C(C)(C)C)[nH]c1=O. The van der Waals surface area contributed by atoms with Crippen molar-refractivity contribution in [3.63, 3.8) is 0 Å². The van der Waals surface area contributed by atoms with Crippen LogP contribution >= 0.6 is 11.3 Å². The second-order valence-corrected chi connectivity index (χ2v) is 7.39. The molecule has 0 spiro atoms. The average Bonchev–Trinajstić information content (AvgIpc) is 2.86. The molecule has 0 saturated carbocycles. The van der Waals surface area contributed by atoms with Crippen LogP contribution in [0.25, 0.3) is 18.2 Å². The molecular formula is C19H21NO3S. The summed E-state index contributed by atoms with van der Waals surface area (Å²) in [7, 11) is 1.62. The first-order valence-corrected chi connectivity index (χ1v) is 8.39. The molecule has 1 N–H and O–H groups in total. The van der Waals surface area contributed by atoms with Crippen LogP contribution in [0.5, 0.6) is 5.75 Å². The van der Waals surface area contributed by atoms with E-state index >= 15 is 0 Å². The number of carbonyl (C=O) groups is 1. The molecule has 0 aliphatic rings. The number of rotatable bonds is 4. The van der Waals surface area contributed by atoms with Gasteiger partial charge in [-0.25, -0.2) is 0 Å². The maximum Gasteiger partial charge on any atom is 0.266 e. The maximum atomic E-state index is 12.0. The van der Waals surface area contributed by atoms with Gasteiger partial charge in [0.1, 0.15) is 5.75 Å². The van der Waals surface area contributed by atoms with Crippen molar-refractivity contribution < 1.29 is 9.53 Å². The number of allylic oxidation sites excluding steroid dienone is 1. The molecule has 1 aromatic carbocycles. The molecule has 0 aliphatic carbocycles. The summed E-state index contributed by atoms with van der Waals surface area (Å²) in [5.41, 5.74) is 0.269. The molecule has 0 saturated heterocycles. The second-order valence-electron chi connectivity index (χ2n) is 6.31. The summed E-state index contributed by atoms with van der Waals surface area (Å²) in [5.74, 6) is 0.753. The van der Waals surface area contributed by atoms with Gasteiger partial charge in [-0.1, -0.05) is 51.1 Å². The van der Waals surface area contributed by atoms with Gasteiger partial charge >= 0.3 is 0 Å². The molecule has 5 heteroatoms. The van der Waals surface area contributed by atoms with Gasteiger partial charge in [0.15, 0.2) is 5.78 Å². The minimum atomic E-state index is -0.464. The Morgan fingerprint density at radius 1 is 1.25 bits per heavy atom. The van der Waals surface area contributed by atoms with E-state index in [0.29, 0.717) is 9.20 Å². The summed E-state index contributed by atoms with van der Waals surface area (Å²) in [6.45, 7) is 5.54. The molecule has 2 rings (SSSR count). The highest BCUT2D eigenvalue weighted by molar-refractivity contribution is 7.07. The van der Waals surface area contributed by atoms with Crippen molar-refractivity contribution in [1.29, 1.82) is 0 Å². The predicted molar refractivity (Wildman–Crippen MR) is 99.6 cm³/mol. The average molecular weight is 343 g/mol. The molecule has 1 aromatic heterocycles. The minimum Gasteiger partial charge on any atom is -0.496 e. The molecule has 0 fully saturated rings. The molecule has 2 aromatic rings. The lowest BCUT2D eigenvalue weighted by Gasteiger charge is -2.12. The molecule has 0 amide bonds. The van der Waals surface area contributed by atoms with Crippen LogP contribution in [-0.2, 0) is 4.79 Å². The Morgan fingerprint density at radius 3 is 2.62 bits per heavy atom. The zero-order valence-electron chi connectivity index (χ0n) is 14.3. The van der Waals surface area contributed by atoms with E-state index in [9.17, 15) is 9.59 Å². The van der Waals surface area contributed by atoms with Crippen molar-refractivity contribution in [2.75, 3.05) is 7.11 Å². The minimum absolute atomic E-state index is 0.0175. The highest BCUT2D eigenvalue weighted by atomic mass is 32.1. The highest BCUT2D eigenvalue weighted by Gasteiger charge is 2.18. The lowest BCUT2D eigenvalue weighted by Crippen LogP contribution is -2.21. The number of carbonyl (C=O) groups excluding carboxylic acids is 1. The van der Waals surface area contributed by atoms with E-state index < -0.39 is 5.41 Å². The van der Waals surface area contributed by atoms with E-state index in [2.05, 4.69) is 4.98 Å². The number of ether oxygens (including phenoxy) is 1. The van der Waals surface area contributed by atoms with E-state index in [4.69, 9.17) is 4.74 Å². The van der Waals surface area contributed by atoms with Crippen molar-refractivity contribution in [2.45, 2.75) is 20.8 Å². The van der Waals surface area contributed by atoms with Crippen LogP contribution in [0.3, 0.4) is 0 Å². The molecular weight excluding hydrogens is 322 g/mol. The van der Waals surface area contributed by atoms with Gasteiger partial charge in [0.25, 0.3) is 5.56 Å². The summed E-state index contributed by atoms with van der Waals surface area (Å²) in [5, 5.41) is 0. The summed E-state index contributed by atoms with van der Waals surface area (Å²) < 4.78 is 6.40. The number of thiazole rings is 1. The summed E-state index contributed by atoms with van der Waals surface area (Å²) in [4.78, 5) is 26.7. The van der Waals surface area contributed by atoms with Gasteiger partial charge in [0.2, 0.25) is 0 Å². The molecule has 4 nitrogen and oxygen atoms in total. The van der Waals surface area contributed by atoms with Crippen LogP contribution < -0.4 is 19.5 Å². The van der Waals surface area contributed by atoms with Crippen molar-refractivity contribution in [2.24, 2.45) is 5.41 Å². The third-order valence-electron chi connectivity index (χ3n) is 3.34. The lowest BCUT2D eigenvalue weighted by molar-refractivity contribution is -0.119. The Hall–Kier alpha value is -2.40. The van der Waals surface area contributed by atoms with Gasteiger partial charge in [-0.15, -0.1) is 11.3 Å². The van der Waals surface area contributed by atoms with Gasteiger partial charge < -0.3 is 9.72 Å². The number of hydrogen-bond acceptors (Lipinski definition) is 4.